The molecule has 1 aliphatic carbocycles. The summed E-state index contributed by atoms with van der Waals surface area (Å²) >= 11 is 0. The first kappa shape index (κ1) is 14.2. The lowest BCUT2D eigenvalue weighted by molar-refractivity contribution is 0.153. The minimum Gasteiger partial charge on any atom is -0.233 e. The van der Waals surface area contributed by atoms with Crippen molar-refractivity contribution in [1.29, 1.82) is 0 Å². The molecule has 0 aliphatic heterocycles. The maximum Gasteiger partial charge on any atom is 0.264 e. The molecular formula is C17H14F3N3. The topological polar surface area (TPSA) is 30.7 Å². The predicted octanol–water partition coefficient (Wildman–Crippen LogP) is 4.68. The van der Waals surface area contributed by atoms with Gasteiger partial charge >= 0.3 is 0 Å². The average Bonchev–Trinajstić information content (AvgIpc) is 3.29. The molecule has 1 aliphatic rings. The molecule has 3 aromatic rings. The third-order valence-electron chi connectivity index (χ3n) is 4.09. The van der Waals surface area contributed by atoms with Gasteiger partial charge in [-0.2, -0.15) is 5.10 Å². The lowest BCUT2D eigenvalue weighted by Crippen LogP contribution is -1.99. The summed E-state index contributed by atoms with van der Waals surface area (Å²) in [7, 11) is 0. The third kappa shape index (κ3) is 2.38. The van der Waals surface area contributed by atoms with Gasteiger partial charge in [-0.15, -0.1) is 0 Å². The van der Waals surface area contributed by atoms with Gasteiger partial charge in [-0.05, 0) is 50.1 Å². The molecule has 0 atom stereocenters. The Balaban J connectivity index is 2.03. The third-order valence-corrected chi connectivity index (χ3v) is 4.09. The number of pyridine rings is 1. The molecule has 0 unspecified atom stereocenters. The zero-order valence-corrected chi connectivity index (χ0v) is 12.4. The van der Waals surface area contributed by atoms with E-state index in [0.717, 1.165) is 12.8 Å². The molecule has 0 spiro atoms. The van der Waals surface area contributed by atoms with Crippen LogP contribution >= 0.6 is 0 Å². The molecule has 1 saturated carbocycles. The van der Waals surface area contributed by atoms with Gasteiger partial charge in [0, 0.05) is 17.2 Å². The van der Waals surface area contributed by atoms with Gasteiger partial charge in [0.05, 0.1) is 16.8 Å². The van der Waals surface area contributed by atoms with Crippen LogP contribution in [0.25, 0.3) is 16.7 Å². The standard InChI is InChI=1S/C17H14F3N3/c1-9-8-13(16(19)20)14-15(10-2-3-10)22-23(17(14)21-9)12-6-4-11(18)5-7-12/h4-8,10,16H,2-3H2,1H3. The second-order valence-electron chi connectivity index (χ2n) is 5.90. The Morgan fingerprint density at radius 2 is 1.87 bits per heavy atom. The lowest BCUT2D eigenvalue weighted by Gasteiger charge is -2.06. The first-order chi connectivity index (χ1) is 11.0. The normalized spacial score (nSPS) is 14.8. The van der Waals surface area contributed by atoms with Gasteiger partial charge in [0.2, 0.25) is 0 Å². The van der Waals surface area contributed by atoms with E-state index in [1.54, 1.807) is 23.7 Å². The fraction of sp³-hybridized carbons (Fsp3) is 0.294. The summed E-state index contributed by atoms with van der Waals surface area (Å²) in [5, 5.41) is 4.98. The molecular weight excluding hydrogens is 303 g/mol. The van der Waals surface area contributed by atoms with Crippen molar-refractivity contribution in [1.82, 2.24) is 14.8 Å². The Bertz CT molecular complexity index is 880. The maximum atomic E-state index is 13.5. The van der Waals surface area contributed by atoms with Crippen molar-refractivity contribution in [3.05, 3.63) is 53.1 Å². The van der Waals surface area contributed by atoms with Crippen molar-refractivity contribution >= 4 is 11.0 Å². The van der Waals surface area contributed by atoms with E-state index in [-0.39, 0.29) is 17.3 Å². The Morgan fingerprint density at radius 3 is 2.48 bits per heavy atom. The summed E-state index contributed by atoms with van der Waals surface area (Å²) < 4.78 is 41.7. The molecule has 6 heteroatoms. The van der Waals surface area contributed by atoms with Crippen LogP contribution in [0.15, 0.2) is 30.3 Å². The number of halogens is 3. The second kappa shape index (κ2) is 5.08. The lowest BCUT2D eigenvalue weighted by atomic mass is 10.1. The summed E-state index contributed by atoms with van der Waals surface area (Å²) in [4.78, 5) is 4.42. The molecule has 23 heavy (non-hydrogen) atoms. The van der Waals surface area contributed by atoms with E-state index >= 15 is 0 Å². The van der Waals surface area contributed by atoms with Crippen LogP contribution in [0, 0.1) is 12.7 Å². The molecule has 3 nitrogen and oxygen atoms in total. The molecule has 1 fully saturated rings. The van der Waals surface area contributed by atoms with Gasteiger partial charge < -0.3 is 0 Å². The fourth-order valence-corrected chi connectivity index (χ4v) is 2.88. The highest BCUT2D eigenvalue weighted by Gasteiger charge is 2.32. The van der Waals surface area contributed by atoms with E-state index in [9.17, 15) is 13.2 Å². The summed E-state index contributed by atoms with van der Waals surface area (Å²) in [6, 6.07) is 7.22. The van der Waals surface area contributed by atoms with E-state index in [1.807, 2.05) is 0 Å². The van der Waals surface area contributed by atoms with Crippen LogP contribution < -0.4 is 0 Å². The number of alkyl halides is 2. The van der Waals surface area contributed by atoms with Crippen LogP contribution in [0.1, 0.15) is 42.1 Å². The molecule has 0 saturated heterocycles. The van der Waals surface area contributed by atoms with E-state index in [1.165, 1.54) is 18.2 Å². The number of aryl methyl sites for hydroxylation is 1. The van der Waals surface area contributed by atoms with E-state index in [4.69, 9.17) is 0 Å². The van der Waals surface area contributed by atoms with E-state index < -0.39 is 6.43 Å². The Kier molecular flexibility index (Phi) is 3.14. The number of fused-ring (bicyclic) bond motifs is 1. The minimum absolute atomic E-state index is 0.0252. The second-order valence-corrected chi connectivity index (χ2v) is 5.90. The number of rotatable bonds is 3. The molecule has 0 radical (unpaired) electrons. The van der Waals surface area contributed by atoms with E-state index in [0.29, 0.717) is 28.1 Å². The van der Waals surface area contributed by atoms with Gasteiger partial charge in [0.1, 0.15) is 5.82 Å². The van der Waals surface area contributed by atoms with Gasteiger partial charge in [-0.25, -0.2) is 22.8 Å². The Morgan fingerprint density at radius 1 is 1.17 bits per heavy atom. The fourth-order valence-electron chi connectivity index (χ4n) is 2.88. The highest BCUT2D eigenvalue weighted by Crippen LogP contribution is 2.44. The van der Waals surface area contributed by atoms with Gasteiger partial charge in [-0.3, -0.25) is 0 Å². The summed E-state index contributed by atoms with van der Waals surface area (Å²) in [5.74, 6) is -0.147. The summed E-state index contributed by atoms with van der Waals surface area (Å²) in [6.07, 6.45) is -0.680. The van der Waals surface area contributed by atoms with Gasteiger partial charge in [-0.1, -0.05) is 0 Å². The van der Waals surface area contributed by atoms with Crippen molar-refractivity contribution in [3.63, 3.8) is 0 Å². The minimum atomic E-state index is -2.58. The quantitative estimate of drug-likeness (QED) is 0.702. The first-order valence-corrected chi connectivity index (χ1v) is 7.49. The number of aromatic nitrogens is 3. The van der Waals surface area contributed by atoms with Gasteiger partial charge in [0.15, 0.2) is 5.65 Å². The van der Waals surface area contributed by atoms with Crippen molar-refractivity contribution in [2.24, 2.45) is 0 Å². The highest BCUT2D eigenvalue weighted by molar-refractivity contribution is 5.85. The van der Waals surface area contributed by atoms with Crippen molar-refractivity contribution in [2.45, 2.75) is 32.1 Å². The largest absolute Gasteiger partial charge is 0.264 e. The smallest absolute Gasteiger partial charge is 0.233 e. The molecule has 2 aromatic heterocycles. The number of hydrogen-bond acceptors (Lipinski definition) is 2. The van der Waals surface area contributed by atoms with Crippen molar-refractivity contribution < 1.29 is 13.2 Å². The first-order valence-electron chi connectivity index (χ1n) is 7.49. The summed E-state index contributed by atoms with van der Waals surface area (Å²) in [6.45, 7) is 1.68. The zero-order chi connectivity index (χ0) is 16.1. The monoisotopic (exact) mass is 317 g/mol. The predicted molar refractivity (Wildman–Crippen MR) is 80.5 cm³/mol. The molecule has 0 N–H and O–H groups in total. The Labute approximate surface area is 130 Å². The number of hydrogen-bond donors (Lipinski definition) is 0. The average molecular weight is 317 g/mol. The van der Waals surface area contributed by atoms with Crippen LogP contribution in [-0.4, -0.2) is 14.8 Å². The van der Waals surface area contributed by atoms with E-state index in [2.05, 4.69) is 10.1 Å². The van der Waals surface area contributed by atoms with Crippen LogP contribution in [0.4, 0.5) is 13.2 Å². The summed E-state index contributed by atoms with van der Waals surface area (Å²) in [5.41, 5.74) is 2.18. The molecule has 2 heterocycles. The molecule has 4 rings (SSSR count). The van der Waals surface area contributed by atoms with Gasteiger partial charge in [0.25, 0.3) is 6.43 Å². The van der Waals surface area contributed by atoms with Crippen molar-refractivity contribution in [2.75, 3.05) is 0 Å². The van der Waals surface area contributed by atoms with Crippen LogP contribution in [0.2, 0.25) is 0 Å². The number of nitrogens with zero attached hydrogens (tertiary/aromatic N) is 3. The van der Waals surface area contributed by atoms with Crippen LogP contribution in [0.3, 0.4) is 0 Å². The van der Waals surface area contributed by atoms with Crippen molar-refractivity contribution in [3.8, 4) is 5.69 Å². The van der Waals surface area contributed by atoms with Crippen LogP contribution in [0.5, 0.6) is 0 Å². The molecule has 0 amide bonds. The molecule has 0 bridgehead atoms. The Hall–Kier alpha value is -2.37. The SMILES string of the molecule is Cc1cc(C(F)F)c2c(C3CC3)nn(-c3ccc(F)cc3)c2n1. The highest BCUT2D eigenvalue weighted by atomic mass is 19.3. The molecule has 1 aromatic carbocycles. The zero-order valence-electron chi connectivity index (χ0n) is 12.4. The molecule has 118 valence electrons. The van der Waals surface area contributed by atoms with Crippen LogP contribution in [-0.2, 0) is 0 Å². The number of benzene rings is 1. The maximum absolute atomic E-state index is 13.5.